The van der Waals surface area contributed by atoms with Crippen LogP contribution in [-0.4, -0.2) is 14.1 Å². The molecular formula is C17H34O2Si. The van der Waals surface area contributed by atoms with Gasteiger partial charge < -0.3 is 4.43 Å². The summed E-state index contributed by atoms with van der Waals surface area (Å²) in [5.74, 6) is 0.949. The Bertz CT molecular complexity index is 385. The molecule has 0 rings (SSSR count). The van der Waals surface area contributed by atoms with E-state index in [1.165, 1.54) is 0 Å². The Morgan fingerprint density at radius 1 is 0.850 bits per heavy atom. The summed E-state index contributed by atoms with van der Waals surface area (Å²) in [6.07, 6.45) is 1.72. The lowest BCUT2D eigenvalue weighted by molar-refractivity contribution is -0.121. The van der Waals surface area contributed by atoms with Gasteiger partial charge in [0, 0.05) is 16.9 Å². The van der Waals surface area contributed by atoms with Gasteiger partial charge in [0.25, 0.3) is 0 Å². The van der Waals surface area contributed by atoms with E-state index in [1.807, 2.05) is 20.8 Å². The van der Waals surface area contributed by atoms with Gasteiger partial charge in [0.1, 0.15) is 0 Å². The first kappa shape index (κ1) is 19.4. The molecule has 0 N–H and O–H groups in total. The number of ketones is 1. The zero-order chi connectivity index (χ0) is 16.6. The first-order valence-electron chi connectivity index (χ1n) is 7.44. The minimum atomic E-state index is -1.92. The maximum atomic E-state index is 12.3. The summed E-state index contributed by atoms with van der Waals surface area (Å²) < 4.78 is 6.41. The van der Waals surface area contributed by atoms with Gasteiger partial charge in [-0.3, -0.25) is 4.79 Å². The maximum absolute atomic E-state index is 12.3. The summed E-state index contributed by atoms with van der Waals surface area (Å²) in [6, 6.07) is 0. The number of allylic oxidation sites excluding steroid dienone is 2. The van der Waals surface area contributed by atoms with Crippen molar-refractivity contribution in [2.24, 2.45) is 10.8 Å². The Hall–Kier alpha value is -0.573. The van der Waals surface area contributed by atoms with Crippen molar-refractivity contribution >= 4 is 14.1 Å². The van der Waals surface area contributed by atoms with Crippen LogP contribution in [0.3, 0.4) is 0 Å². The monoisotopic (exact) mass is 298 g/mol. The molecule has 0 saturated carbocycles. The van der Waals surface area contributed by atoms with Gasteiger partial charge in [-0.15, -0.1) is 0 Å². The third-order valence-electron chi connectivity index (χ3n) is 3.91. The summed E-state index contributed by atoms with van der Waals surface area (Å²) >= 11 is 0. The van der Waals surface area contributed by atoms with Gasteiger partial charge in [0.15, 0.2) is 5.78 Å². The van der Waals surface area contributed by atoms with Crippen LogP contribution in [0.15, 0.2) is 11.8 Å². The summed E-state index contributed by atoms with van der Waals surface area (Å²) in [6.45, 7) is 23.2. The normalized spacial score (nSPS) is 15.2. The predicted octanol–water partition coefficient (Wildman–Crippen LogP) is 5.55. The first-order chi connectivity index (χ1) is 8.48. The predicted molar refractivity (Wildman–Crippen MR) is 90.3 cm³/mol. The highest BCUT2D eigenvalue weighted by atomic mass is 28.4. The highest BCUT2D eigenvalue weighted by Crippen LogP contribution is 2.41. The molecule has 0 unspecified atom stereocenters. The summed E-state index contributed by atoms with van der Waals surface area (Å²) in [5.41, 5.74) is -0.524. The minimum absolute atomic E-state index is 0.126. The minimum Gasteiger partial charge on any atom is -0.546 e. The van der Waals surface area contributed by atoms with Crippen molar-refractivity contribution in [3.63, 3.8) is 0 Å². The van der Waals surface area contributed by atoms with Crippen molar-refractivity contribution in [1.29, 1.82) is 0 Å². The second-order valence-electron chi connectivity index (χ2n) is 9.24. The molecule has 20 heavy (non-hydrogen) atoms. The van der Waals surface area contributed by atoms with E-state index in [-0.39, 0.29) is 21.7 Å². The zero-order valence-corrected chi connectivity index (χ0v) is 16.4. The molecule has 0 saturated heterocycles. The summed E-state index contributed by atoms with van der Waals surface area (Å²) in [7, 11) is -1.92. The van der Waals surface area contributed by atoms with E-state index < -0.39 is 8.32 Å². The van der Waals surface area contributed by atoms with Crippen LogP contribution in [0, 0.1) is 10.8 Å². The highest BCUT2D eigenvalue weighted by molar-refractivity contribution is 6.74. The fourth-order valence-electron chi connectivity index (χ4n) is 1.16. The standard InChI is InChI=1S/C17H34O2Si/c1-15(2,3)13(18)12-14(16(4,5)6)19-20(10,11)17(7,8)9/h12H,1-11H3/b14-12+. The number of carbonyl (C=O) groups excluding carboxylic acids is 1. The summed E-state index contributed by atoms with van der Waals surface area (Å²) in [5, 5.41) is 0.127. The molecule has 0 aliphatic carbocycles. The van der Waals surface area contributed by atoms with Crippen LogP contribution in [-0.2, 0) is 9.22 Å². The lowest BCUT2D eigenvalue weighted by Crippen LogP contribution is -2.42. The van der Waals surface area contributed by atoms with Crippen molar-refractivity contribution in [3.05, 3.63) is 11.8 Å². The van der Waals surface area contributed by atoms with Crippen LogP contribution in [0.4, 0.5) is 0 Å². The number of carbonyl (C=O) groups is 1. The molecule has 0 aliphatic rings. The van der Waals surface area contributed by atoms with Gasteiger partial charge in [-0.2, -0.15) is 0 Å². The molecule has 3 heteroatoms. The molecule has 0 amide bonds. The Labute approximate surface area is 127 Å². The Morgan fingerprint density at radius 3 is 1.50 bits per heavy atom. The maximum Gasteiger partial charge on any atom is 0.250 e. The zero-order valence-electron chi connectivity index (χ0n) is 15.4. The molecule has 2 nitrogen and oxygen atoms in total. The molecule has 0 aromatic heterocycles. The van der Waals surface area contributed by atoms with Gasteiger partial charge in [0.2, 0.25) is 8.32 Å². The van der Waals surface area contributed by atoms with E-state index in [1.54, 1.807) is 6.08 Å². The van der Waals surface area contributed by atoms with Crippen LogP contribution in [0.1, 0.15) is 62.3 Å². The molecule has 0 fully saturated rings. The van der Waals surface area contributed by atoms with Gasteiger partial charge >= 0.3 is 0 Å². The van der Waals surface area contributed by atoms with Gasteiger partial charge in [-0.05, 0) is 18.1 Å². The van der Waals surface area contributed by atoms with Crippen molar-refractivity contribution in [1.82, 2.24) is 0 Å². The highest BCUT2D eigenvalue weighted by Gasteiger charge is 2.41. The van der Waals surface area contributed by atoms with E-state index in [9.17, 15) is 4.79 Å². The van der Waals surface area contributed by atoms with Crippen LogP contribution >= 0.6 is 0 Å². The van der Waals surface area contributed by atoms with Crippen molar-refractivity contribution in [3.8, 4) is 0 Å². The molecule has 118 valence electrons. The number of hydrogen-bond acceptors (Lipinski definition) is 2. The summed E-state index contributed by atoms with van der Waals surface area (Å²) in [4.78, 5) is 12.3. The lowest BCUT2D eigenvalue weighted by Gasteiger charge is -2.40. The van der Waals surface area contributed by atoms with Crippen LogP contribution in [0.5, 0.6) is 0 Å². The Kier molecular flexibility index (Phi) is 5.50. The van der Waals surface area contributed by atoms with Gasteiger partial charge in [-0.1, -0.05) is 62.3 Å². The molecule has 0 atom stereocenters. The van der Waals surface area contributed by atoms with E-state index in [2.05, 4.69) is 54.6 Å². The largest absolute Gasteiger partial charge is 0.546 e. The quantitative estimate of drug-likeness (QED) is 0.388. The first-order valence-corrected chi connectivity index (χ1v) is 10.3. The number of rotatable bonds is 3. The average Bonchev–Trinajstić information content (AvgIpc) is 2.11. The smallest absolute Gasteiger partial charge is 0.250 e. The Morgan fingerprint density at radius 2 is 1.25 bits per heavy atom. The molecular weight excluding hydrogens is 264 g/mol. The van der Waals surface area contributed by atoms with E-state index in [0.29, 0.717) is 0 Å². The molecule has 0 spiro atoms. The van der Waals surface area contributed by atoms with Gasteiger partial charge in [0.05, 0.1) is 5.76 Å². The molecule has 0 radical (unpaired) electrons. The lowest BCUT2D eigenvalue weighted by atomic mass is 9.87. The number of hydrogen-bond donors (Lipinski definition) is 0. The molecule has 0 aromatic carbocycles. The fraction of sp³-hybridized carbons (Fsp3) is 0.824. The average molecular weight is 299 g/mol. The third-order valence-corrected chi connectivity index (χ3v) is 8.25. The molecule has 0 bridgehead atoms. The molecule has 0 aromatic rings. The van der Waals surface area contributed by atoms with Crippen molar-refractivity contribution in [2.75, 3.05) is 0 Å². The topological polar surface area (TPSA) is 26.3 Å². The molecule has 0 heterocycles. The van der Waals surface area contributed by atoms with Crippen molar-refractivity contribution in [2.45, 2.75) is 80.4 Å². The second-order valence-corrected chi connectivity index (χ2v) is 14.0. The van der Waals surface area contributed by atoms with Crippen LogP contribution in [0.25, 0.3) is 0 Å². The van der Waals surface area contributed by atoms with E-state index in [0.717, 1.165) is 5.76 Å². The van der Waals surface area contributed by atoms with E-state index >= 15 is 0 Å². The van der Waals surface area contributed by atoms with Crippen LogP contribution < -0.4 is 0 Å². The fourth-order valence-corrected chi connectivity index (χ4v) is 2.38. The SMILES string of the molecule is CC(C)(C)C(=O)/C=C(/O[Si](C)(C)C(C)(C)C)C(C)(C)C. The second kappa shape index (κ2) is 5.67. The third kappa shape index (κ3) is 5.43. The molecule has 0 aliphatic heterocycles. The Balaban J connectivity index is 5.55. The van der Waals surface area contributed by atoms with E-state index in [4.69, 9.17) is 4.43 Å². The van der Waals surface area contributed by atoms with Gasteiger partial charge in [-0.25, -0.2) is 0 Å². The van der Waals surface area contributed by atoms with Crippen molar-refractivity contribution < 1.29 is 9.22 Å². The van der Waals surface area contributed by atoms with Crippen LogP contribution in [0.2, 0.25) is 18.1 Å².